The van der Waals surface area contributed by atoms with Gasteiger partial charge in [-0.3, -0.25) is 14.4 Å². The number of carbonyl (C=O) groups is 3. The van der Waals surface area contributed by atoms with Crippen LogP contribution in [0.4, 0.5) is 0 Å². The maximum Gasteiger partial charge on any atom is 0.306 e. The van der Waals surface area contributed by atoms with E-state index in [0.29, 0.717) is 19.3 Å². The van der Waals surface area contributed by atoms with Gasteiger partial charge in [-0.2, -0.15) is 0 Å². The Hall–Kier alpha value is -1.59. The van der Waals surface area contributed by atoms with Gasteiger partial charge in [-0.25, -0.2) is 0 Å². The van der Waals surface area contributed by atoms with Crippen LogP contribution in [0.5, 0.6) is 0 Å². The second-order valence-electron chi connectivity index (χ2n) is 24.7. The Balaban J connectivity index is 4.23. The van der Waals surface area contributed by atoms with Gasteiger partial charge in [-0.05, 0) is 37.0 Å². The van der Waals surface area contributed by atoms with Crippen molar-refractivity contribution in [2.45, 2.75) is 388 Å². The zero-order valence-electron chi connectivity index (χ0n) is 51.1. The third-order valence-corrected chi connectivity index (χ3v) is 16.0. The largest absolute Gasteiger partial charge is 0.462 e. The number of rotatable bonds is 61. The van der Waals surface area contributed by atoms with E-state index in [1.807, 2.05) is 0 Å². The van der Waals surface area contributed by atoms with Crippen LogP contribution in [0.25, 0.3) is 0 Å². The van der Waals surface area contributed by atoms with Gasteiger partial charge in [0, 0.05) is 19.3 Å². The van der Waals surface area contributed by atoms with E-state index in [4.69, 9.17) is 14.2 Å². The van der Waals surface area contributed by atoms with E-state index >= 15 is 0 Å². The van der Waals surface area contributed by atoms with Crippen LogP contribution in [0.2, 0.25) is 0 Å². The molecule has 0 saturated carbocycles. The lowest BCUT2D eigenvalue weighted by atomic mass is 9.99. The zero-order chi connectivity index (χ0) is 54.1. The highest BCUT2D eigenvalue weighted by Gasteiger charge is 2.20. The summed E-state index contributed by atoms with van der Waals surface area (Å²) in [6.45, 7) is 13.9. The zero-order valence-corrected chi connectivity index (χ0v) is 51.1. The molecular formula is C68H132O6. The van der Waals surface area contributed by atoms with Crippen LogP contribution in [0.3, 0.4) is 0 Å². The summed E-state index contributed by atoms with van der Waals surface area (Å²) in [6, 6.07) is 0. The SMILES string of the molecule is CCC(C)CCCCCCCCCCCCCCCCCCCCC(=O)OC[C@H](COC(=O)CCCCCCCCCCCCC(C)C)OC(=O)CCCCCCCCCCCCCCCCCCCCC(C)C. The van der Waals surface area contributed by atoms with E-state index in [1.54, 1.807) is 0 Å². The highest BCUT2D eigenvalue weighted by atomic mass is 16.6. The minimum Gasteiger partial charge on any atom is -0.462 e. The quantitative estimate of drug-likeness (QED) is 0.0343. The van der Waals surface area contributed by atoms with Gasteiger partial charge in [0.05, 0.1) is 0 Å². The fourth-order valence-electron chi connectivity index (χ4n) is 10.6. The van der Waals surface area contributed by atoms with E-state index < -0.39 is 6.10 Å². The Labute approximate surface area is 463 Å². The van der Waals surface area contributed by atoms with Crippen LogP contribution in [0.15, 0.2) is 0 Å². The number of esters is 3. The molecule has 0 aliphatic heterocycles. The molecule has 0 rings (SSSR count). The van der Waals surface area contributed by atoms with Crippen molar-refractivity contribution in [2.75, 3.05) is 13.2 Å². The smallest absolute Gasteiger partial charge is 0.306 e. The van der Waals surface area contributed by atoms with Crippen molar-refractivity contribution in [1.29, 1.82) is 0 Å². The molecule has 6 nitrogen and oxygen atoms in total. The van der Waals surface area contributed by atoms with Gasteiger partial charge in [0.1, 0.15) is 13.2 Å². The fraction of sp³-hybridized carbons (Fsp3) is 0.956. The van der Waals surface area contributed by atoms with Gasteiger partial charge in [-0.15, -0.1) is 0 Å². The van der Waals surface area contributed by atoms with Gasteiger partial charge in [0.15, 0.2) is 6.10 Å². The van der Waals surface area contributed by atoms with Gasteiger partial charge >= 0.3 is 17.9 Å². The van der Waals surface area contributed by atoms with E-state index in [0.717, 1.165) is 75.5 Å². The molecule has 1 unspecified atom stereocenters. The molecule has 0 aliphatic carbocycles. The lowest BCUT2D eigenvalue weighted by Crippen LogP contribution is -2.30. The first-order chi connectivity index (χ1) is 36.1. The van der Waals surface area contributed by atoms with Gasteiger partial charge < -0.3 is 14.2 Å². The van der Waals surface area contributed by atoms with E-state index in [1.165, 1.54) is 263 Å². The molecule has 0 radical (unpaired) electrons. The first-order valence-corrected chi connectivity index (χ1v) is 33.6. The highest BCUT2D eigenvalue weighted by molar-refractivity contribution is 5.71. The van der Waals surface area contributed by atoms with E-state index in [2.05, 4.69) is 41.5 Å². The molecule has 0 heterocycles. The van der Waals surface area contributed by atoms with Crippen molar-refractivity contribution in [3.05, 3.63) is 0 Å². The van der Waals surface area contributed by atoms with Crippen LogP contribution in [-0.2, 0) is 28.6 Å². The lowest BCUT2D eigenvalue weighted by Gasteiger charge is -2.18. The molecule has 0 bridgehead atoms. The van der Waals surface area contributed by atoms with Crippen molar-refractivity contribution in [3.8, 4) is 0 Å². The summed E-state index contributed by atoms with van der Waals surface area (Å²) < 4.78 is 17.0. The predicted molar refractivity (Wildman–Crippen MR) is 321 cm³/mol. The number of hydrogen-bond acceptors (Lipinski definition) is 6. The summed E-state index contributed by atoms with van der Waals surface area (Å²) in [5.41, 5.74) is 0. The number of hydrogen-bond donors (Lipinski definition) is 0. The minimum atomic E-state index is -0.765. The van der Waals surface area contributed by atoms with Gasteiger partial charge in [-0.1, -0.05) is 343 Å². The molecule has 0 aromatic rings. The van der Waals surface area contributed by atoms with Crippen molar-refractivity contribution in [3.63, 3.8) is 0 Å². The topological polar surface area (TPSA) is 78.9 Å². The molecule has 0 saturated heterocycles. The average Bonchev–Trinajstić information content (AvgIpc) is 3.38. The van der Waals surface area contributed by atoms with Crippen LogP contribution >= 0.6 is 0 Å². The second kappa shape index (κ2) is 59.1. The predicted octanol–water partition coefficient (Wildman–Crippen LogP) is 22.6. The molecule has 0 aliphatic rings. The average molecular weight is 1050 g/mol. The van der Waals surface area contributed by atoms with E-state index in [-0.39, 0.29) is 31.1 Å². The molecule has 0 aromatic heterocycles. The van der Waals surface area contributed by atoms with Gasteiger partial charge in [0.25, 0.3) is 0 Å². The van der Waals surface area contributed by atoms with Gasteiger partial charge in [0.2, 0.25) is 0 Å². The molecule has 440 valence electrons. The second-order valence-corrected chi connectivity index (χ2v) is 24.7. The summed E-state index contributed by atoms with van der Waals surface area (Å²) in [7, 11) is 0. The summed E-state index contributed by atoms with van der Waals surface area (Å²) in [5, 5.41) is 0. The molecule has 0 aromatic carbocycles. The molecule has 74 heavy (non-hydrogen) atoms. The van der Waals surface area contributed by atoms with Crippen LogP contribution in [0.1, 0.15) is 382 Å². The summed E-state index contributed by atoms with van der Waals surface area (Å²) >= 11 is 0. The molecule has 0 amide bonds. The summed E-state index contributed by atoms with van der Waals surface area (Å²) in [6.07, 6.45) is 65.4. The monoisotopic (exact) mass is 1050 g/mol. The van der Waals surface area contributed by atoms with Crippen LogP contribution < -0.4 is 0 Å². The third kappa shape index (κ3) is 59.7. The minimum absolute atomic E-state index is 0.0624. The standard InChI is InChI=1S/C68H132O6/c1-7-64(6)56-50-44-38-32-25-21-17-13-9-11-14-18-22-26-33-39-45-51-57-66(69)72-60-65(61-73-67(70)58-52-46-40-34-29-28-31-37-43-49-55-63(4)5)74-68(71)59-53-47-41-35-27-23-19-15-10-8-12-16-20-24-30-36-42-48-54-62(2)3/h62-65H,7-61H2,1-6H3/t64?,65-/m1/s1. The van der Waals surface area contributed by atoms with E-state index in [9.17, 15) is 14.4 Å². The third-order valence-electron chi connectivity index (χ3n) is 16.0. The number of ether oxygens (including phenoxy) is 3. The lowest BCUT2D eigenvalue weighted by molar-refractivity contribution is -0.167. The van der Waals surface area contributed by atoms with Crippen LogP contribution in [0, 0.1) is 17.8 Å². The molecule has 0 N–H and O–H groups in total. The number of carbonyl (C=O) groups excluding carboxylic acids is 3. The van der Waals surface area contributed by atoms with Crippen molar-refractivity contribution in [1.82, 2.24) is 0 Å². The molecule has 0 fully saturated rings. The molecule has 6 heteroatoms. The Bertz CT molecular complexity index is 1150. The van der Waals surface area contributed by atoms with Crippen molar-refractivity contribution < 1.29 is 28.6 Å². The number of unbranched alkanes of at least 4 members (excludes halogenated alkanes) is 43. The van der Waals surface area contributed by atoms with Crippen molar-refractivity contribution >= 4 is 17.9 Å². The van der Waals surface area contributed by atoms with Crippen LogP contribution in [-0.4, -0.2) is 37.2 Å². The fourth-order valence-corrected chi connectivity index (χ4v) is 10.6. The Kier molecular flexibility index (Phi) is 57.8. The molecule has 2 atom stereocenters. The maximum atomic E-state index is 12.9. The molecular weight excluding hydrogens is 913 g/mol. The highest BCUT2D eigenvalue weighted by Crippen LogP contribution is 2.20. The summed E-state index contributed by atoms with van der Waals surface area (Å²) in [4.78, 5) is 38.4. The molecule has 0 spiro atoms. The Morgan fingerprint density at radius 3 is 0.703 bits per heavy atom. The first-order valence-electron chi connectivity index (χ1n) is 33.6. The Morgan fingerprint density at radius 2 is 0.473 bits per heavy atom. The summed E-state index contributed by atoms with van der Waals surface area (Å²) in [5.74, 6) is 1.75. The maximum absolute atomic E-state index is 12.9. The Morgan fingerprint density at radius 1 is 0.270 bits per heavy atom. The normalized spacial score (nSPS) is 12.5. The first kappa shape index (κ1) is 72.4. The van der Waals surface area contributed by atoms with Crippen molar-refractivity contribution in [2.24, 2.45) is 17.8 Å².